The normalized spacial score (nSPS) is 15.3. The third kappa shape index (κ3) is 7.28. The number of benzene rings is 2. The van der Waals surface area contributed by atoms with Crippen LogP contribution in [0, 0.1) is 5.92 Å². The molecule has 38 heavy (non-hydrogen) atoms. The molecule has 1 aliphatic carbocycles. The molecule has 1 aliphatic rings. The Balaban J connectivity index is 1.60. The third-order valence-corrected chi connectivity index (χ3v) is 5.51. The first-order valence-electron chi connectivity index (χ1n) is 11.5. The van der Waals surface area contributed by atoms with Gasteiger partial charge in [-0.2, -0.15) is 28.1 Å². The van der Waals surface area contributed by atoms with Gasteiger partial charge < -0.3 is 20.5 Å². The van der Waals surface area contributed by atoms with Crippen molar-refractivity contribution in [2.45, 2.75) is 19.5 Å². The van der Waals surface area contributed by atoms with E-state index in [4.69, 9.17) is 9.84 Å². The first-order chi connectivity index (χ1) is 18.1. The van der Waals surface area contributed by atoms with E-state index >= 15 is 0 Å². The number of nitrogens with one attached hydrogen (secondary N) is 2. The second kappa shape index (κ2) is 11.3. The fraction of sp³-hybridized carbons (Fsp3) is 0.231. The summed E-state index contributed by atoms with van der Waals surface area (Å²) in [6.45, 7) is 0.700. The van der Waals surface area contributed by atoms with Crippen molar-refractivity contribution in [2.75, 3.05) is 23.8 Å². The molecule has 0 saturated heterocycles. The van der Waals surface area contributed by atoms with Gasteiger partial charge in [-0.25, -0.2) is 9.18 Å². The molecule has 0 bridgehead atoms. The first kappa shape index (κ1) is 26.6. The topological polar surface area (TPSA) is 109 Å². The lowest BCUT2D eigenvalue weighted by molar-refractivity contribution is -0.153. The number of hydrogen-bond donors (Lipinski definition) is 3. The second-order valence-corrected chi connectivity index (χ2v) is 8.58. The average molecular weight is 529 g/mol. The molecule has 0 fully saturated rings. The van der Waals surface area contributed by atoms with Gasteiger partial charge in [0.05, 0.1) is 5.56 Å². The van der Waals surface area contributed by atoms with E-state index in [0.717, 1.165) is 5.57 Å². The van der Waals surface area contributed by atoms with Crippen LogP contribution >= 0.6 is 0 Å². The molecule has 2 aromatic carbocycles. The molecule has 4 rings (SSSR count). The molecule has 3 aromatic rings. The highest BCUT2D eigenvalue weighted by atomic mass is 19.4. The van der Waals surface area contributed by atoms with Gasteiger partial charge in [-0.3, -0.25) is 0 Å². The summed E-state index contributed by atoms with van der Waals surface area (Å²) in [4.78, 5) is 24.4. The summed E-state index contributed by atoms with van der Waals surface area (Å²) in [6.07, 6.45) is -0.828. The maximum absolute atomic E-state index is 13.7. The number of anilines is 3. The number of aromatic carboxylic acids is 1. The highest BCUT2D eigenvalue weighted by Crippen LogP contribution is 2.27. The van der Waals surface area contributed by atoms with Crippen LogP contribution in [0.2, 0.25) is 0 Å². The molecule has 0 radical (unpaired) electrons. The van der Waals surface area contributed by atoms with Crippen molar-refractivity contribution in [3.8, 4) is 17.1 Å². The molecule has 1 aromatic heterocycles. The zero-order valence-electron chi connectivity index (χ0n) is 20.1. The molecular weight excluding hydrogens is 506 g/mol. The van der Waals surface area contributed by atoms with Crippen LogP contribution < -0.4 is 15.4 Å². The van der Waals surface area contributed by atoms with Crippen LogP contribution in [0.15, 0.2) is 72.1 Å². The van der Waals surface area contributed by atoms with Crippen LogP contribution in [0.4, 0.5) is 35.1 Å². The van der Waals surface area contributed by atoms with E-state index in [1.54, 1.807) is 31.2 Å². The van der Waals surface area contributed by atoms with Gasteiger partial charge in [0.1, 0.15) is 11.6 Å². The van der Waals surface area contributed by atoms with Gasteiger partial charge in [-0.15, -0.1) is 0 Å². The molecule has 1 heterocycles. The lowest BCUT2D eigenvalue weighted by Gasteiger charge is -2.17. The lowest BCUT2D eigenvalue weighted by atomic mass is 9.95. The standard InChI is InChI=1S/C26H23F4N5O3/c1-15-11-16(5-10-21(15)27)13-31-24-33-22(17-6-8-18(9-7-17)23(36)37)34-25(35-24)32-19-3-2-4-20(12-19)38-14-26(28,29)30/h2-10,12,15H,11,13-14H2,1H3,(H,36,37)(H2,31,32,33,34,35). The summed E-state index contributed by atoms with van der Waals surface area (Å²) in [5, 5.41) is 15.2. The van der Waals surface area contributed by atoms with Crippen LogP contribution in [0.3, 0.4) is 0 Å². The Morgan fingerprint density at radius 2 is 1.82 bits per heavy atom. The highest BCUT2D eigenvalue weighted by molar-refractivity contribution is 5.88. The molecule has 198 valence electrons. The fourth-order valence-corrected chi connectivity index (χ4v) is 3.60. The molecular formula is C26H23F4N5O3. The maximum Gasteiger partial charge on any atom is 0.422 e. The van der Waals surface area contributed by atoms with Gasteiger partial charge in [0.2, 0.25) is 11.9 Å². The minimum absolute atomic E-state index is 0.00264. The minimum atomic E-state index is -4.48. The van der Waals surface area contributed by atoms with Crippen molar-refractivity contribution in [1.82, 2.24) is 15.0 Å². The zero-order valence-corrected chi connectivity index (χ0v) is 20.1. The summed E-state index contributed by atoms with van der Waals surface area (Å²) in [5.41, 5.74) is 1.92. The molecule has 0 aliphatic heterocycles. The van der Waals surface area contributed by atoms with Crippen molar-refractivity contribution >= 4 is 23.6 Å². The van der Waals surface area contributed by atoms with Crippen molar-refractivity contribution in [1.29, 1.82) is 0 Å². The van der Waals surface area contributed by atoms with Crippen molar-refractivity contribution in [2.24, 2.45) is 5.92 Å². The number of carboxylic acids is 1. The first-order valence-corrected chi connectivity index (χ1v) is 11.5. The van der Waals surface area contributed by atoms with E-state index in [2.05, 4.69) is 25.6 Å². The summed E-state index contributed by atoms with van der Waals surface area (Å²) < 4.78 is 56.1. The highest BCUT2D eigenvalue weighted by Gasteiger charge is 2.28. The summed E-state index contributed by atoms with van der Waals surface area (Å²) in [6, 6.07) is 11.8. The molecule has 8 nitrogen and oxygen atoms in total. The quantitative estimate of drug-likeness (QED) is 0.283. The van der Waals surface area contributed by atoms with Crippen LogP contribution in [0.1, 0.15) is 23.7 Å². The van der Waals surface area contributed by atoms with E-state index in [-0.39, 0.29) is 40.8 Å². The Kier molecular flexibility index (Phi) is 7.89. The van der Waals surface area contributed by atoms with Crippen LogP contribution in [0.25, 0.3) is 11.4 Å². The Morgan fingerprint density at radius 1 is 1.08 bits per heavy atom. The van der Waals surface area contributed by atoms with E-state index < -0.39 is 18.8 Å². The van der Waals surface area contributed by atoms with E-state index in [9.17, 15) is 22.4 Å². The number of nitrogens with zero attached hydrogens (tertiary/aromatic N) is 3. The molecule has 0 spiro atoms. The molecule has 1 atom stereocenters. The Morgan fingerprint density at radius 3 is 2.50 bits per heavy atom. The Bertz CT molecular complexity index is 1370. The summed E-state index contributed by atoms with van der Waals surface area (Å²) in [5.74, 6) is -0.995. The van der Waals surface area contributed by atoms with E-state index in [0.29, 0.717) is 24.2 Å². The third-order valence-electron chi connectivity index (χ3n) is 5.51. The SMILES string of the molecule is CC1CC(CNc2nc(Nc3cccc(OCC(F)(F)F)c3)nc(-c3ccc(C(=O)O)cc3)n2)=CC=C1F. The van der Waals surface area contributed by atoms with Gasteiger partial charge in [0.15, 0.2) is 12.4 Å². The van der Waals surface area contributed by atoms with Gasteiger partial charge in [0.25, 0.3) is 0 Å². The number of rotatable bonds is 9. The summed E-state index contributed by atoms with van der Waals surface area (Å²) in [7, 11) is 0. The number of carbonyl (C=O) groups is 1. The van der Waals surface area contributed by atoms with Crippen molar-refractivity contribution in [3.05, 3.63) is 77.6 Å². The number of hydrogen-bond acceptors (Lipinski definition) is 7. The fourth-order valence-electron chi connectivity index (χ4n) is 3.60. The maximum atomic E-state index is 13.7. The second-order valence-electron chi connectivity index (χ2n) is 8.58. The minimum Gasteiger partial charge on any atom is -0.484 e. The Hall–Kier alpha value is -4.48. The predicted octanol–water partition coefficient (Wildman–Crippen LogP) is 6.15. The van der Waals surface area contributed by atoms with E-state index in [1.807, 2.05) is 0 Å². The van der Waals surface area contributed by atoms with Gasteiger partial charge in [-0.1, -0.05) is 36.8 Å². The number of allylic oxidation sites excluding steroid dienone is 3. The molecule has 3 N–H and O–H groups in total. The molecule has 12 heteroatoms. The molecule has 1 unspecified atom stereocenters. The van der Waals surface area contributed by atoms with Crippen LogP contribution in [-0.2, 0) is 0 Å². The van der Waals surface area contributed by atoms with Crippen LogP contribution in [-0.4, -0.2) is 45.4 Å². The Labute approximate surface area is 215 Å². The van der Waals surface area contributed by atoms with Gasteiger partial charge in [0, 0.05) is 29.8 Å². The molecule has 0 amide bonds. The predicted molar refractivity (Wildman–Crippen MR) is 133 cm³/mol. The van der Waals surface area contributed by atoms with Crippen LogP contribution in [0.5, 0.6) is 5.75 Å². The van der Waals surface area contributed by atoms with Crippen molar-refractivity contribution < 1.29 is 32.2 Å². The van der Waals surface area contributed by atoms with Gasteiger partial charge >= 0.3 is 12.1 Å². The lowest BCUT2D eigenvalue weighted by Crippen LogP contribution is -2.19. The summed E-state index contributed by atoms with van der Waals surface area (Å²) >= 11 is 0. The number of carboxylic acid groups (broad SMARTS) is 1. The van der Waals surface area contributed by atoms with Crippen molar-refractivity contribution in [3.63, 3.8) is 0 Å². The zero-order chi connectivity index (χ0) is 27.3. The number of aromatic nitrogens is 3. The number of ether oxygens (including phenoxy) is 1. The largest absolute Gasteiger partial charge is 0.484 e. The average Bonchev–Trinajstić information content (AvgIpc) is 2.88. The molecule has 0 saturated carbocycles. The monoisotopic (exact) mass is 529 g/mol. The number of alkyl halides is 3. The van der Waals surface area contributed by atoms with Gasteiger partial charge in [-0.05, 0) is 36.8 Å². The van der Waals surface area contributed by atoms with E-state index in [1.165, 1.54) is 36.4 Å². The smallest absolute Gasteiger partial charge is 0.422 e. The number of halogens is 4.